The van der Waals surface area contributed by atoms with E-state index >= 15 is 0 Å². The maximum Gasteiger partial charge on any atom is 0.0755 e. The molecule has 0 fully saturated rings. The molecular weight excluding hydrogens is 1070 g/mol. The number of nitrogens with two attached hydrogens (primary N) is 3. The van der Waals surface area contributed by atoms with Crippen LogP contribution in [0.1, 0.15) is 465 Å². The molecule has 0 aliphatic rings. The van der Waals surface area contributed by atoms with Crippen molar-refractivity contribution < 1.29 is 35.2 Å². The van der Waals surface area contributed by atoms with Crippen molar-refractivity contribution in [3.63, 3.8) is 0 Å². The Hall–Kier alpha value is -0.0100. The van der Waals surface area contributed by atoms with E-state index in [2.05, 4.69) is 57.5 Å². The minimum absolute atomic E-state index is 1.37. The van der Waals surface area contributed by atoms with Crippen molar-refractivity contribution in [2.24, 2.45) is 0 Å². The Morgan fingerprint density at radius 3 is 0.314 bits per heavy atom. The number of rotatable bonds is 72. The molecule has 86 heavy (non-hydrogen) atoms. The molecule has 0 amide bonds. The van der Waals surface area contributed by atoms with Crippen molar-refractivity contribution in [3.8, 4) is 0 Å². The molecule has 0 aromatic rings. The van der Waals surface area contributed by atoms with Gasteiger partial charge in [-0.15, -0.1) is 0 Å². The van der Waals surface area contributed by atoms with E-state index in [1.54, 1.807) is 0 Å². The third-order valence-electron chi connectivity index (χ3n) is 18.1. The van der Waals surface area contributed by atoms with E-state index in [1.807, 2.05) is 0 Å². The second-order valence-corrected chi connectivity index (χ2v) is 28.2. The molecule has 0 radical (unpaired) electrons. The van der Waals surface area contributed by atoms with Crippen molar-refractivity contribution in [1.82, 2.24) is 0 Å². The lowest BCUT2D eigenvalue weighted by Gasteiger charge is -2.36. The lowest BCUT2D eigenvalue weighted by Crippen LogP contribution is -2.84. The topological polar surface area (TPSA) is 136 Å². The van der Waals surface area contributed by atoms with Crippen molar-refractivity contribution in [2.75, 3.05) is 39.3 Å². The zero-order valence-corrected chi connectivity index (χ0v) is 61.6. The van der Waals surface area contributed by atoms with Gasteiger partial charge in [0, 0.05) is 0 Å². The summed E-state index contributed by atoms with van der Waals surface area (Å²) in [5, 5.41) is 7.71. The largest absolute Gasteiger partial charge is 0.822 e. The molecule has 524 valence electrons. The van der Waals surface area contributed by atoms with Crippen LogP contribution in [0.2, 0.25) is 0 Å². The number of phosphoric acid groups is 1. The van der Waals surface area contributed by atoms with E-state index in [4.69, 9.17) is 19.2 Å². The standard InChI is InChI=1S/3C26H55N.H3O4P/c3*1-3-5-7-9-11-13-15-17-19-21-23-25-27-26-24-22-20-18-16-14-12-10-8-6-4-2;1-5(2,3)4/h3*27H,3-26H2,1-2H3;(H3,1,2,3,4). The summed E-state index contributed by atoms with van der Waals surface area (Å²) in [5.74, 6) is 0. The van der Waals surface area contributed by atoms with E-state index in [0.29, 0.717) is 0 Å². The molecule has 0 aromatic carbocycles. The van der Waals surface area contributed by atoms with Crippen molar-refractivity contribution in [1.29, 1.82) is 0 Å². The van der Waals surface area contributed by atoms with Gasteiger partial charge in [0.1, 0.15) is 0 Å². The molecule has 0 aliphatic carbocycles. The van der Waals surface area contributed by atoms with Crippen LogP contribution in [0, 0.1) is 0 Å². The fraction of sp³-hybridized carbons (Fsp3) is 1.00. The van der Waals surface area contributed by atoms with Crippen LogP contribution in [-0.2, 0) is 4.57 Å². The van der Waals surface area contributed by atoms with Gasteiger partial charge in [0.25, 0.3) is 0 Å². The molecule has 0 unspecified atom stereocenters. The monoisotopic (exact) mass is 1240 g/mol. The van der Waals surface area contributed by atoms with E-state index in [9.17, 15) is 0 Å². The Morgan fingerprint density at radius 2 is 0.233 bits per heavy atom. The molecule has 0 atom stereocenters. The quantitative estimate of drug-likeness (QED) is 0.0413. The minimum atomic E-state index is -5.39. The van der Waals surface area contributed by atoms with Gasteiger partial charge in [0.05, 0.1) is 39.3 Å². The highest BCUT2D eigenvalue weighted by Crippen LogP contribution is 2.16. The van der Waals surface area contributed by atoms with Crippen LogP contribution >= 0.6 is 7.82 Å². The molecular formula is C78H168N3O4P. The molecule has 0 rings (SSSR count). The first-order valence-electron chi connectivity index (χ1n) is 40.4. The predicted octanol–water partition coefficient (Wildman–Crippen LogP) is 21.7. The fourth-order valence-corrected chi connectivity index (χ4v) is 12.2. The first kappa shape index (κ1) is 92.4. The molecule has 0 saturated carbocycles. The molecule has 0 saturated heterocycles. The number of quaternary nitrogens is 3. The average molecular weight is 1240 g/mol. The average Bonchev–Trinajstić information content (AvgIpc) is 3.49. The van der Waals surface area contributed by atoms with Gasteiger partial charge in [-0.2, -0.15) is 7.82 Å². The molecule has 0 aromatic heterocycles. The van der Waals surface area contributed by atoms with Crippen LogP contribution in [0.15, 0.2) is 0 Å². The summed E-state index contributed by atoms with van der Waals surface area (Å²) in [6, 6.07) is 0. The van der Waals surface area contributed by atoms with Crippen LogP contribution < -0.4 is 30.6 Å². The van der Waals surface area contributed by atoms with Gasteiger partial charge in [-0.3, -0.25) is 0 Å². The maximum absolute atomic E-state index is 8.55. The van der Waals surface area contributed by atoms with Gasteiger partial charge in [-0.1, -0.05) is 388 Å². The first-order valence-corrected chi connectivity index (χ1v) is 41.9. The highest BCUT2D eigenvalue weighted by Gasteiger charge is 2.01. The summed E-state index contributed by atoms with van der Waals surface area (Å²) in [4.78, 5) is 25.6. The second-order valence-electron chi connectivity index (χ2n) is 27.3. The van der Waals surface area contributed by atoms with E-state index in [-0.39, 0.29) is 0 Å². The van der Waals surface area contributed by atoms with E-state index < -0.39 is 7.82 Å². The summed E-state index contributed by atoms with van der Waals surface area (Å²) in [6.07, 6.45) is 96.3. The molecule has 0 spiro atoms. The van der Waals surface area contributed by atoms with Gasteiger partial charge < -0.3 is 35.2 Å². The molecule has 6 N–H and O–H groups in total. The smallest absolute Gasteiger partial charge is 0.0755 e. The van der Waals surface area contributed by atoms with Gasteiger partial charge in [0.2, 0.25) is 0 Å². The predicted molar refractivity (Wildman–Crippen MR) is 381 cm³/mol. The molecule has 8 heteroatoms. The zero-order chi connectivity index (χ0) is 63.5. The second kappa shape index (κ2) is 91.4. The number of hydrogen-bond donors (Lipinski definition) is 3. The van der Waals surface area contributed by atoms with Gasteiger partial charge in [-0.05, 0) is 77.0 Å². The van der Waals surface area contributed by atoms with E-state index in [1.165, 1.54) is 463 Å². The third-order valence-corrected chi connectivity index (χ3v) is 18.1. The summed E-state index contributed by atoms with van der Waals surface area (Å²) >= 11 is 0. The summed E-state index contributed by atoms with van der Waals surface area (Å²) in [5.41, 5.74) is 0. The maximum atomic E-state index is 8.55. The summed E-state index contributed by atoms with van der Waals surface area (Å²) < 4.78 is 8.55. The Bertz CT molecular complexity index is 928. The third kappa shape index (κ3) is 112. The van der Waals surface area contributed by atoms with Crippen molar-refractivity contribution in [2.45, 2.75) is 465 Å². The Morgan fingerprint density at radius 1 is 0.163 bits per heavy atom. The lowest BCUT2D eigenvalue weighted by atomic mass is 10.1. The van der Waals surface area contributed by atoms with Crippen molar-refractivity contribution >= 4 is 7.82 Å². The van der Waals surface area contributed by atoms with E-state index in [0.717, 1.165) is 0 Å². The van der Waals surface area contributed by atoms with Crippen molar-refractivity contribution in [3.05, 3.63) is 0 Å². The molecule has 0 aliphatic heterocycles. The van der Waals surface area contributed by atoms with Crippen LogP contribution in [0.3, 0.4) is 0 Å². The summed E-state index contributed by atoms with van der Waals surface area (Å²) in [6.45, 7) is 22.0. The highest BCUT2D eigenvalue weighted by atomic mass is 31.2. The first-order chi connectivity index (χ1) is 42.2. The molecule has 7 nitrogen and oxygen atoms in total. The van der Waals surface area contributed by atoms with Gasteiger partial charge >= 0.3 is 0 Å². The SMILES string of the molecule is CCCCCCCCCCCCC[NH2+]CCCCCCCCCCCCC.CCCCCCCCCCCCC[NH2+]CCCCCCCCCCCCC.CCCCCCCCCCCCC[NH2+]CCCCCCCCCCCCC.O=P([O-])([O-])[O-]. The Labute approximate surface area is 544 Å². The van der Waals surface area contributed by atoms with Gasteiger partial charge in [-0.25, -0.2) is 0 Å². The van der Waals surface area contributed by atoms with Crippen LogP contribution in [-0.4, -0.2) is 39.3 Å². The number of unbranched alkanes of at least 4 members (excludes halogenated alkanes) is 60. The van der Waals surface area contributed by atoms with Crippen LogP contribution in [0.25, 0.3) is 0 Å². The molecule has 0 bridgehead atoms. The Kier molecular flexibility index (Phi) is 98.2. The number of hydrogen-bond acceptors (Lipinski definition) is 4. The molecule has 0 heterocycles. The Balaban J connectivity index is -0.000000562. The van der Waals surface area contributed by atoms with Crippen LogP contribution in [0.5, 0.6) is 0 Å². The lowest BCUT2D eigenvalue weighted by molar-refractivity contribution is -0.655. The fourth-order valence-electron chi connectivity index (χ4n) is 12.2. The summed E-state index contributed by atoms with van der Waals surface area (Å²) in [7, 11) is -5.39. The normalized spacial score (nSPS) is 11.4. The van der Waals surface area contributed by atoms with Crippen LogP contribution in [0.4, 0.5) is 0 Å². The minimum Gasteiger partial charge on any atom is -0.822 e. The zero-order valence-electron chi connectivity index (χ0n) is 60.7. The van der Waals surface area contributed by atoms with Gasteiger partial charge in [0.15, 0.2) is 0 Å². The highest BCUT2D eigenvalue weighted by molar-refractivity contribution is 7.40.